The summed E-state index contributed by atoms with van der Waals surface area (Å²) in [5, 5.41) is 12.2. The van der Waals surface area contributed by atoms with Crippen LogP contribution < -0.4 is 15.6 Å². The Bertz CT molecular complexity index is 1120. The number of amides is 1. The molecule has 0 saturated heterocycles. The predicted molar refractivity (Wildman–Crippen MR) is 113 cm³/mol. The van der Waals surface area contributed by atoms with Crippen LogP contribution in [0, 0.1) is 0 Å². The number of carboxylic acid groups (broad SMARTS) is 1. The number of carbonyl (C=O) groups excluding carboxylic acids is 1. The Balaban J connectivity index is 1.91. The first-order valence-electron chi connectivity index (χ1n) is 9.71. The largest absolute Gasteiger partial charge is 0.573 e. The fourth-order valence-corrected chi connectivity index (χ4v) is 4.47. The maximum atomic E-state index is 13.2. The molecule has 0 aliphatic carbocycles. The van der Waals surface area contributed by atoms with E-state index in [1.54, 1.807) is 20.8 Å². The van der Waals surface area contributed by atoms with Crippen LogP contribution in [0.1, 0.15) is 48.3 Å². The van der Waals surface area contributed by atoms with Gasteiger partial charge in [-0.2, -0.15) is 0 Å². The molecule has 0 radical (unpaired) electrons. The fourth-order valence-electron chi connectivity index (χ4n) is 3.21. The summed E-state index contributed by atoms with van der Waals surface area (Å²) in [6, 6.07) is 4.11. The molecule has 1 amide bonds. The lowest BCUT2D eigenvalue weighted by molar-refractivity contribution is -0.274. The van der Waals surface area contributed by atoms with Gasteiger partial charge in [0.25, 0.3) is 5.56 Å². The lowest BCUT2D eigenvalue weighted by Gasteiger charge is -2.22. The number of aromatic carboxylic acids is 1. The molecule has 1 atom stereocenters. The van der Waals surface area contributed by atoms with E-state index in [0.717, 1.165) is 28.5 Å². The molecule has 1 aromatic heterocycles. The zero-order valence-corrected chi connectivity index (χ0v) is 18.7. The van der Waals surface area contributed by atoms with E-state index in [2.05, 4.69) is 10.1 Å². The first-order chi connectivity index (χ1) is 15.2. The summed E-state index contributed by atoms with van der Waals surface area (Å²) in [5.41, 5.74) is -0.811. The van der Waals surface area contributed by atoms with Crippen molar-refractivity contribution in [2.24, 2.45) is 0 Å². The van der Waals surface area contributed by atoms with Crippen molar-refractivity contribution < 1.29 is 37.3 Å². The van der Waals surface area contributed by atoms with Crippen LogP contribution in [-0.4, -0.2) is 39.5 Å². The molecular formula is C21H21F3N2O6S. The molecule has 2 N–H and O–H groups in total. The van der Waals surface area contributed by atoms with Gasteiger partial charge < -0.3 is 24.5 Å². The minimum atomic E-state index is -4.83. The third-order valence-electron chi connectivity index (χ3n) is 4.44. The predicted octanol–water partition coefficient (Wildman–Crippen LogP) is 4.16. The summed E-state index contributed by atoms with van der Waals surface area (Å²) < 4.78 is 47.2. The highest BCUT2D eigenvalue weighted by atomic mass is 32.2. The second kappa shape index (κ2) is 9.00. The Morgan fingerprint density at radius 1 is 1.21 bits per heavy atom. The van der Waals surface area contributed by atoms with Crippen molar-refractivity contribution in [3.63, 3.8) is 0 Å². The lowest BCUT2D eigenvalue weighted by Crippen LogP contribution is -2.38. The second-order valence-corrected chi connectivity index (χ2v) is 9.26. The standard InChI is InChI=1S/C21H21F3N2O6S/c1-20(2,3)32-19(30)25-14-10-33-16-13(18(28)29)9-26(17(27)15(14)16)8-11-4-6-12(7-5-11)31-21(22,23)24/h4-7,9,14H,8,10H2,1-3H3,(H,25,30)(H,28,29)/t14-/m0/s1. The van der Waals surface area contributed by atoms with Gasteiger partial charge in [0, 0.05) is 16.8 Å². The van der Waals surface area contributed by atoms with Crippen molar-refractivity contribution in [3.05, 3.63) is 57.5 Å². The van der Waals surface area contributed by atoms with Crippen molar-refractivity contribution in [1.82, 2.24) is 9.88 Å². The van der Waals surface area contributed by atoms with Gasteiger partial charge in [0.1, 0.15) is 11.4 Å². The average Bonchev–Trinajstić information content (AvgIpc) is 3.06. The van der Waals surface area contributed by atoms with Gasteiger partial charge in [0.15, 0.2) is 0 Å². The number of aromatic nitrogens is 1. The van der Waals surface area contributed by atoms with Crippen LogP contribution in [0.5, 0.6) is 5.75 Å². The van der Waals surface area contributed by atoms with Crippen LogP contribution >= 0.6 is 11.8 Å². The van der Waals surface area contributed by atoms with Crippen LogP contribution in [-0.2, 0) is 11.3 Å². The average molecular weight is 486 g/mol. The molecule has 33 heavy (non-hydrogen) atoms. The summed E-state index contributed by atoms with van der Waals surface area (Å²) in [6.45, 7) is 4.96. The third-order valence-corrected chi connectivity index (χ3v) is 5.67. The number of carboxylic acids is 1. The monoisotopic (exact) mass is 486 g/mol. The number of alkyl halides is 3. The van der Waals surface area contributed by atoms with Crippen LogP contribution in [0.15, 0.2) is 40.2 Å². The Kier molecular flexibility index (Phi) is 6.68. The summed E-state index contributed by atoms with van der Waals surface area (Å²) in [5.74, 6) is -1.42. The van der Waals surface area contributed by atoms with Crippen molar-refractivity contribution in [2.45, 2.75) is 50.2 Å². The zero-order chi connectivity index (χ0) is 24.6. The lowest BCUT2D eigenvalue weighted by atomic mass is 10.1. The number of nitrogens with zero attached hydrogens (tertiary/aromatic N) is 1. The van der Waals surface area contributed by atoms with E-state index >= 15 is 0 Å². The summed E-state index contributed by atoms with van der Waals surface area (Å²) in [4.78, 5) is 37.4. The molecule has 2 heterocycles. The minimum Gasteiger partial charge on any atom is -0.478 e. The number of carbonyl (C=O) groups is 2. The van der Waals surface area contributed by atoms with Crippen LogP contribution in [0.4, 0.5) is 18.0 Å². The highest BCUT2D eigenvalue weighted by Crippen LogP contribution is 2.38. The molecule has 1 aliphatic heterocycles. The number of nitrogens with one attached hydrogen (secondary N) is 1. The van der Waals surface area contributed by atoms with Gasteiger partial charge in [-0.25, -0.2) is 9.59 Å². The van der Waals surface area contributed by atoms with Gasteiger partial charge in [-0.15, -0.1) is 24.9 Å². The van der Waals surface area contributed by atoms with E-state index < -0.39 is 41.4 Å². The molecule has 8 nitrogen and oxygen atoms in total. The fraction of sp³-hybridized carbons (Fsp3) is 0.381. The number of halogens is 3. The van der Waals surface area contributed by atoms with Gasteiger partial charge in [0.05, 0.1) is 23.7 Å². The van der Waals surface area contributed by atoms with Crippen LogP contribution in [0.25, 0.3) is 0 Å². The number of fused-ring (bicyclic) bond motifs is 1. The summed E-state index contributed by atoms with van der Waals surface area (Å²) in [6.07, 6.45) is -4.39. The normalized spacial score (nSPS) is 15.6. The topological polar surface area (TPSA) is 107 Å². The number of rotatable bonds is 5. The molecular weight excluding hydrogens is 465 g/mol. The van der Waals surface area contributed by atoms with E-state index in [9.17, 15) is 32.7 Å². The molecule has 2 aromatic rings. The first kappa shape index (κ1) is 24.5. The number of ether oxygens (including phenoxy) is 2. The molecule has 0 saturated carbocycles. The Morgan fingerprint density at radius 3 is 2.39 bits per heavy atom. The van der Waals surface area contributed by atoms with Gasteiger partial charge in [-0.1, -0.05) is 12.1 Å². The summed E-state index contributed by atoms with van der Waals surface area (Å²) in [7, 11) is 0. The number of hydrogen-bond acceptors (Lipinski definition) is 6. The number of benzene rings is 1. The van der Waals surface area contributed by atoms with Gasteiger partial charge in [-0.3, -0.25) is 4.79 Å². The van der Waals surface area contributed by atoms with E-state index in [1.807, 2.05) is 0 Å². The van der Waals surface area contributed by atoms with E-state index in [0.29, 0.717) is 5.56 Å². The SMILES string of the molecule is CC(C)(C)OC(=O)N[C@H]1CSc2c(C(=O)O)cn(Cc3ccc(OC(F)(F)F)cc3)c(=O)c21. The second-order valence-electron chi connectivity index (χ2n) is 8.23. The third kappa shape index (κ3) is 6.21. The van der Waals surface area contributed by atoms with E-state index in [4.69, 9.17) is 4.74 Å². The van der Waals surface area contributed by atoms with E-state index in [1.165, 1.54) is 18.3 Å². The van der Waals surface area contributed by atoms with Crippen molar-refractivity contribution in [1.29, 1.82) is 0 Å². The zero-order valence-electron chi connectivity index (χ0n) is 17.9. The molecule has 178 valence electrons. The van der Waals surface area contributed by atoms with Crippen molar-refractivity contribution >= 4 is 23.8 Å². The van der Waals surface area contributed by atoms with Crippen molar-refractivity contribution in [2.75, 3.05) is 5.75 Å². The number of alkyl carbamates (subject to hydrolysis) is 1. The van der Waals surface area contributed by atoms with Gasteiger partial charge in [0.2, 0.25) is 0 Å². The molecule has 1 aromatic carbocycles. The molecule has 0 unspecified atom stereocenters. The summed E-state index contributed by atoms with van der Waals surface area (Å²) >= 11 is 1.14. The molecule has 1 aliphatic rings. The maximum absolute atomic E-state index is 13.2. The Morgan fingerprint density at radius 2 is 1.85 bits per heavy atom. The molecule has 0 fully saturated rings. The smallest absolute Gasteiger partial charge is 0.478 e. The van der Waals surface area contributed by atoms with Crippen LogP contribution in [0.2, 0.25) is 0 Å². The molecule has 3 rings (SSSR count). The maximum Gasteiger partial charge on any atom is 0.573 e. The Hall–Kier alpha value is -3.15. The Labute approximate surface area is 190 Å². The van der Waals surface area contributed by atoms with Crippen molar-refractivity contribution in [3.8, 4) is 5.75 Å². The van der Waals surface area contributed by atoms with E-state index in [-0.39, 0.29) is 28.3 Å². The highest BCUT2D eigenvalue weighted by molar-refractivity contribution is 7.99. The molecule has 0 spiro atoms. The number of hydrogen-bond donors (Lipinski definition) is 2. The van der Waals surface area contributed by atoms with Crippen LogP contribution in [0.3, 0.4) is 0 Å². The first-order valence-corrected chi connectivity index (χ1v) is 10.7. The molecule has 12 heteroatoms. The number of thioether (sulfide) groups is 1. The number of pyridine rings is 1. The molecule has 0 bridgehead atoms. The van der Waals surface area contributed by atoms with Gasteiger partial charge >= 0.3 is 18.4 Å². The van der Waals surface area contributed by atoms with Gasteiger partial charge in [-0.05, 0) is 38.5 Å². The minimum absolute atomic E-state index is 0.0947. The quantitative estimate of drug-likeness (QED) is 0.653. The highest BCUT2D eigenvalue weighted by Gasteiger charge is 2.34.